The summed E-state index contributed by atoms with van der Waals surface area (Å²) in [4.78, 5) is 10.6. The zero-order valence-electron chi connectivity index (χ0n) is 6.14. The number of amides is 1. The number of allylic oxidation sites excluding steroid dienone is 1. The van der Waals surface area contributed by atoms with Crippen molar-refractivity contribution in [2.24, 2.45) is 11.1 Å². The second-order valence-corrected chi connectivity index (χ2v) is 2.59. The molecule has 9 heavy (non-hydrogen) atoms. The van der Waals surface area contributed by atoms with Crippen molar-refractivity contribution in [2.75, 3.05) is 0 Å². The second-order valence-electron chi connectivity index (χ2n) is 2.59. The van der Waals surface area contributed by atoms with Crippen LogP contribution in [0.4, 0.5) is 0 Å². The van der Waals surface area contributed by atoms with Crippen LogP contribution in [-0.2, 0) is 4.79 Å². The first-order chi connectivity index (χ1) is 4.00. The summed E-state index contributed by atoms with van der Waals surface area (Å²) in [5.74, 6) is -0.291. The molecule has 0 saturated carbocycles. The first-order valence-electron chi connectivity index (χ1n) is 2.94. The third-order valence-electron chi connectivity index (χ3n) is 1.22. The number of hydrogen-bond acceptors (Lipinski definition) is 1. The highest BCUT2D eigenvalue weighted by Crippen LogP contribution is 2.14. The molecule has 52 valence electrons. The van der Waals surface area contributed by atoms with E-state index in [0.29, 0.717) is 0 Å². The Morgan fingerprint density at radius 2 is 2.00 bits per heavy atom. The molecule has 1 amide bonds. The van der Waals surface area contributed by atoms with Crippen LogP contribution in [0.1, 0.15) is 20.8 Å². The molecule has 0 aliphatic rings. The van der Waals surface area contributed by atoms with Gasteiger partial charge in [-0.05, 0) is 20.8 Å². The maximum atomic E-state index is 10.6. The van der Waals surface area contributed by atoms with Gasteiger partial charge in [0, 0.05) is 0 Å². The van der Waals surface area contributed by atoms with Gasteiger partial charge in [-0.15, -0.1) is 0 Å². The van der Waals surface area contributed by atoms with Crippen molar-refractivity contribution in [3.05, 3.63) is 12.2 Å². The molecule has 0 aromatic heterocycles. The van der Waals surface area contributed by atoms with Crippen molar-refractivity contribution in [1.82, 2.24) is 0 Å². The number of hydrogen-bond donors (Lipinski definition) is 1. The first kappa shape index (κ1) is 8.21. The van der Waals surface area contributed by atoms with Crippen LogP contribution in [0.15, 0.2) is 12.2 Å². The van der Waals surface area contributed by atoms with Crippen molar-refractivity contribution in [1.29, 1.82) is 0 Å². The largest absolute Gasteiger partial charge is 0.369 e. The molecule has 0 bridgehead atoms. The van der Waals surface area contributed by atoms with Gasteiger partial charge in [-0.2, -0.15) is 0 Å². The van der Waals surface area contributed by atoms with Crippen LogP contribution in [0.2, 0.25) is 0 Å². The summed E-state index contributed by atoms with van der Waals surface area (Å²) >= 11 is 0. The fourth-order valence-corrected chi connectivity index (χ4v) is 0.499. The van der Waals surface area contributed by atoms with Crippen molar-refractivity contribution >= 4 is 5.91 Å². The first-order valence-corrected chi connectivity index (χ1v) is 2.94. The van der Waals surface area contributed by atoms with Gasteiger partial charge >= 0.3 is 0 Å². The Bertz CT molecular complexity index is 136. The van der Waals surface area contributed by atoms with Gasteiger partial charge in [0.25, 0.3) is 0 Å². The van der Waals surface area contributed by atoms with E-state index < -0.39 is 5.41 Å². The van der Waals surface area contributed by atoms with Gasteiger partial charge in [0.15, 0.2) is 0 Å². The lowest BCUT2D eigenvalue weighted by molar-refractivity contribution is -0.123. The normalized spacial score (nSPS) is 12.3. The zero-order chi connectivity index (χ0) is 7.49. The zero-order valence-corrected chi connectivity index (χ0v) is 6.14. The molecule has 0 fully saturated rings. The minimum Gasteiger partial charge on any atom is -0.369 e. The standard InChI is InChI=1S/C7H13NO/c1-4-5-7(2,3)6(8)9/h4-5H,1-3H3,(H2,8,9). The Labute approximate surface area is 55.7 Å². The average Bonchev–Trinajstić information content (AvgIpc) is 1.65. The van der Waals surface area contributed by atoms with Gasteiger partial charge in [-0.3, -0.25) is 4.79 Å². The van der Waals surface area contributed by atoms with Crippen molar-refractivity contribution < 1.29 is 4.79 Å². The summed E-state index contributed by atoms with van der Waals surface area (Å²) in [5.41, 5.74) is 4.57. The molecule has 0 saturated heterocycles. The van der Waals surface area contributed by atoms with E-state index in [1.807, 2.05) is 13.0 Å². The number of carbonyl (C=O) groups excluding carboxylic acids is 1. The highest BCUT2D eigenvalue weighted by molar-refractivity contribution is 5.81. The van der Waals surface area contributed by atoms with E-state index in [9.17, 15) is 4.79 Å². The van der Waals surface area contributed by atoms with E-state index in [0.717, 1.165) is 0 Å². The van der Waals surface area contributed by atoms with Gasteiger partial charge in [-0.1, -0.05) is 12.2 Å². The molecule has 2 nitrogen and oxygen atoms in total. The minimum atomic E-state index is -0.491. The van der Waals surface area contributed by atoms with Gasteiger partial charge in [0.1, 0.15) is 0 Å². The summed E-state index contributed by atoms with van der Waals surface area (Å²) in [6.45, 7) is 5.44. The molecule has 0 spiro atoms. The van der Waals surface area contributed by atoms with Gasteiger partial charge in [0.05, 0.1) is 5.41 Å². The maximum absolute atomic E-state index is 10.6. The lowest BCUT2D eigenvalue weighted by atomic mass is 9.92. The average molecular weight is 127 g/mol. The van der Waals surface area contributed by atoms with Crippen LogP contribution in [0, 0.1) is 5.41 Å². The summed E-state index contributed by atoms with van der Waals surface area (Å²) in [6.07, 6.45) is 3.61. The molecule has 0 aromatic rings. The third-order valence-corrected chi connectivity index (χ3v) is 1.22. The summed E-state index contributed by atoms with van der Waals surface area (Å²) in [5, 5.41) is 0. The molecule has 0 heterocycles. The predicted molar refractivity (Wildman–Crippen MR) is 37.8 cm³/mol. The van der Waals surface area contributed by atoms with Crippen LogP contribution < -0.4 is 5.73 Å². The van der Waals surface area contributed by atoms with Crippen LogP contribution in [0.3, 0.4) is 0 Å². The fraction of sp³-hybridized carbons (Fsp3) is 0.571. The number of rotatable bonds is 2. The Kier molecular flexibility index (Phi) is 2.43. The molecule has 0 atom stereocenters. The van der Waals surface area contributed by atoms with E-state index in [4.69, 9.17) is 5.73 Å². The van der Waals surface area contributed by atoms with E-state index >= 15 is 0 Å². The predicted octanol–water partition coefficient (Wildman–Crippen LogP) is 1.07. The maximum Gasteiger partial charge on any atom is 0.226 e. The molecule has 0 aliphatic carbocycles. The van der Waals surface area contributed by atoms with Crippen LogP contribution in [0.25, 0.3) is 0 Å². The monoisotopic (exact) mass is 127 g/mol. The van der Waals surface area contributed by atoms with Gasteiger partial charge in [-0.25, -0.2) is 0 Å². The summed E-state index contributed by atoms with van der Waals surface area (Å²) < 4.78 is 0. The molecule has 0 unspecified atom stereocenters. The quantitative estimate of drug-likeness (QED) is 0.554. The van der Waals surface area contributed by atoms with Crippen molar-refractivity contribution in [3.63, 3.8) is 0 Å². The Balaban J connectivity index is 4.19. The van der Waals surface area contributed by atoms with Crippen molar-refractivity contribution in [2.45, 2.75) is 20.8 Å². The molecular formula is C7H13NO. The van der Waals surface area contributed by atoms with Crippen molar-refractivity contribution in [3.8, 4) is 0 Å². The lowest BCUT2D eigenvalue weighted by Crippen LogP contribution is -2.29. The topological polar surface area (TPSA) is 43.1 Å². The number of nitrogens with two attached hydrogens (primary N) is 1. The molecular weight excluding hydrogens is 114 g/mol. The third kappa shape index (κ3) is 2.31. The Morgan fingerprint density at radius 3 is 2.11 bits per heavy atom. The number of carbonyl (C=O) groups is 1. The molecule has 0 aliphatic heterocycles. The van der Waals surface area contributed by atoms with Crippen LogP contribution >= 0.6 is 0 Å². The van der Waals surface area contributed by atoms with E-state index in [2.05, 4.69) is 0 Å². The molecule has 0 rings (SSSR count). The summed E-state index contributed by atoms with van der Waals surface area (Å²) in [6, 6.07) is 0. The lowest BCUT2D eigenvalue weighted by Gasteiger charge is -2.13. The molecule has 0 radical (unpaired) electrons. The second kappa shape index (κ2) is 2.67. The molecule has 2 N–H and O–H groups in total. The summed E-state index contributed by atoms with van der Waals surface area (Å²) in [7, 11) is 0. The fourth-order valence-electron chi connectivity index (χ4n) is 0.499. The van der Waals surface area contributed by atoms with E-state index in [-0.39, 0.29) is 5.91 Å². The van der Waals surface area contributed by atoms with Gasteiger partial charge < -0.3 is 5.73 Å². The highest BCUT2D eigenvalue weighted by Gasteiger charge is 2.19. The minimum absolute atomic E-state index is 0.291. The van der Waals surface area contributed by atoms with Crippen LogP contribution in [-0.4, -0.2) is 5.91 Å². The van der Waals surface area contributed by atoms with Crippen LogP contribution in [0.5, 0.6) is 0 Å². The number of primary amides is 1. The van der Waals surface area contributed by atoms with Gasteiger partial charge in [0.2, 0.25) is 5.91 Å². The van der Waals surface area contributed by atoms with E-state index in [1.54, 1.807) is 19.9 Å². The Morgan fingerprint density at radius 1 is 1.56 bits per heavy atom. The van der Waals surface area contributed by atoms with E-state index in [1.165, 1.54) is 0 Å². The highest BCUT2D eigenvalue weighted by atomic mass is 16.1. The Hall–Kier alpha value is -0.790. The SMILES string of the molecule is CC=CC(C)(C)C(N)=O. The molecule has 2 heteroatoms. The molecule has 0 aromatic carbocycles. The smallest absolute Gasteiger partial charge is 0.226 e.